The van der Waals surface area contributed by atoms with E-state index in [-0.39, 0.29) is 17.4 Å². The summed E-state index contributed by atoms with van der Waals surface area (Å²) in [5.41, 5.74) is 0.808. The molecule has 0 aromatic heterocycles. The van der Waals surface area contributed by atoms with Gasteiger partial charge in [-0.05, 0) is 24.6 Å². The Balaban J connectivity index is 1.89. The van der Waals surface area contributed by atoms with E-state index in [0.29, 0.717) is 18.0 Å². The highest BCUT2D eigenvalue weighted by Gasteiger charge is 2.37. The third-order valence-corrected chi connectivity index (χ3v) is 6.68. The molecule has 0 spiro atoms. The number of anilines is 1. The molecule has 1 fully saturated rings. The molecule has 3 rings (SSSR count). The second-order valence-corrected chi connectivity index (χ2v) is 8.85. The van der Waals surface area contributed by atoms with Crippen LogP contribution in [0.4, 0.5) is 5.69 Å². The largest absolute Gasteiger partial charge is 0.310 e. The zero-order chi connectivity index (χ0) is 14.3. The maximum Gasteiger partial charge on any atom is 0.231 e. The summed E-state index contributed by atoms with van der Waals surface area (Å²) in [6.07, 6.45) is 0.431. The van der Waals surface area contributed by atoms with Crippen LogP contribution in [0.1, 0.15) is 6.42 Å². The summed E-state index contributed by atoms with van der Waals surface area (Å²) in [6, 6.07) is 5.50. The number of carbonyl (C=O) groups is 1. The van der Waals surface area contributed by atoms with E-state index < -0.39 is 15.8 Å². The van der Waals surface area contributed by atoms with Crippen LogP contribution in [-0.4, -0.2) is 38.1 Å². The Morgan fingerprint density at radius 3 is 2.90 bits per heavy atom. The van der Waals surface area contributed by atoms with Crippen molar-refractivity contribution in [2.45, 2.75) is 11.3 Å². The van der Waals surface area contributed by atoms with Crippen molar-refractivity contribution in [3.63, 3.8) is 0 Å². The molecule has 0 aliphatic carbocycles. The summed E-state index contributed by atoms with van der Waals surface area (Å²) in [4.78, 5) is 15.3. The predicted octanol–water partition coefficient (Wildman–Crippen LogP) is 2.21. The number of nitrogens with zero attached hydrogens (tertiary/aromatic N) is 1. The number of hydrogen-bond donors (Lipinski definition) is 0. The minimum absolute atomic E-state index is 0.0224. The van der Waals surface area contributed by atoms with E-state index in [1.165, 1.54) is 0 Å². The van der Waals surface area contributed by atoms with Gasteiger partial charge in [0.2, 0.25) is 5.91 Å². The van der Waals surface area contributed by atoms with Crippen molar-refractivity contribution >= 4 is 44.8 Å². The molecule has 0 bridgehead atoms. The first-order chi connectivity index (χ1) is 9.46. The van der Waals surface area contributed by atoms with E-state index in [0.717, 1.165) is 16.3 Å². The fourth-order valence-corrected chi connectivity index (χ4v) is 5.50. The fourth-order valence-electron chi connectivity index (χ4n) is 2.63. The van der Waals surface area contributed by atoms with Crippen molar-refractivity contribution in [1.82, 2.24) is 0 Å². The van der Waals surface area contributed by atoms with Crippen LogP contribution in [0.15, 0.2) is 23.1 Å². The number of benzene rings is 1. The van der Waals surface area contributed by atoms with Crippen LogP contribution < -0.4 is 4.90 Å². The number of hydrogen-bond acceptors (Lipinski definition) is 4. The van der Waals surface area contributed by atoms with Crippen LogP contribution >= 0.6 is 23.4 Å². The number of thioether (sulfide) groups is 1. The van der Waals surface area contributed by atoms with E-state index in [1.807, 2.05) is 6.07 Å². The van der Waals surface area contributed by atoms with Gasteiger partial charge in [0.25, 0.3) is 0 Å². The normalized spacial score (nSPS) is 24.4. The summed E-state index contributed by atoms with van der Waals surface area (Å²) >= 11 is 7.70. The lowest BCUT2D eigenvalue weighted by molar-refractivity contribution is -0.121. The predicted molar refractivity (Wildman–Crippen MR) is 81.3 cm³/mol. The maximum absolute atomic E-state index is 12.6. The second-order valence-electron chi connectivity index (χ2n) is 5.05. The van der Waals surface area contributed by atoms with Gasteiger partial charge in [-0.1, -0.05) is 11.6 Å². The number of amides is 1. The molecule has 1 saturated heterocycles. The summed E-state index contributed by atoms with van der Waals surface area (Å²) in [5.74, 6) is 0.421. The van der Waals surface area contributed by atoms with Crippen molar-refractivity contribution < 1.29 is 13.2 Å². The van der Waals surface area contributed by atoms with Crippen LogP contribution in [0.25, 0.3) is 0 Å². The SMILES string of the molecule is O=C(C1CCS(=O)(=O)C1)N1CCSc2ccc(Cl)cc21. The summed E-state index contributed by atoms with van der Waals surface area (Å²) < 4.78 is 23.1. The Morgan fingerprint density at radius 1 is 1.40 bits per heavy atom. The molecular weight excluding hydrogens is 318 g/mol. The van der Waals surface area contributed by atoms with Crippen molar-refractivity contribution in [2.24, 2.45) is 5.92 Å². The van der Waals surface area contributed by atoms with E-state index in [2.05, 4.69) is 0 Å². The third-order valence-electron chi connectivity index (χ3n) is 3.63. The molecule has 1 aromatic rings. The Bertz CT molecular complexity index is 660. The molecule has 0 saturated carbocycles. The smallest absolute Gasteiger partial charge is 0.231 e. The molecule has 1 aromatic carbocycles. The van der Waals surface area contributed by atoms with Crippen molar-refractivity contribution in [3.05, 3.63) is 23.2 Å². The lowest BCUT2D eigenvalue weighted by Gasteiger charge is -2.30. The quantitative estimate of drug-likeness (QED) is 0.791. The molecule has 7 heteroatoms. The van der Waals surface area contributed by atoms with Crippen molar-refractivity contribution in [2.75, 3.05) is 28.7 Å². The van der Waals surface area contributed by atoms with Gasteiger partial charge in [-0.3, -0.25) is 4.79 Å². The van der Waals surface area contributed by atoms with Crippen LogP contribution in [0.3, 0.4) is 0 Å². The van der Waals surface area contributed by atoms with Gasteiger partial charge in [-0.2, -0.15) is 0 Å². The molecule has 2 aliphatic heterocycles. The van der Waals surface area contributed by atoms with E-state index in [1.54, 1.807) is 28.8 Å². The molecular formula is C13H14ClNO3S2. The summed E-state index contributed by atoms with van der Waals surface area (Å²) in [7, 11) is -3.04. The number of rotatable bonds is 1. The van der Waals surface area contributed by atoms with E-state index in [4.69, 9.17) is 11.6 Å². The highest BCUT2D eigenvalue weighted by atomic mass is 35.5. The van der Waals surface area contributed by atoms with E-state index >= 15 is 0 Å². The molecule has 2 aliphatic rings. The molecule has 1 amide bonds. The average Bonchev–Trinajstić information content (AvgIpc) is 2.77. The zero-order valence-corrected chi connectivity index (χ0v) is 13.1. The monoisotopic (exact) mass is 331 g/mol. The maximum atomic E-state index is 12.6. The van der Waals surface area contributed by atoms with Gasteiger partial charge in [0, 0.05) is 22.2 Å². The first-order valence-corrected chi connectivity index (χ1v) is 9.59. The molecule has 1 unspecified atom stereocenters. The van der Waals surface area contributed by atoms with Gasteiger partial charge >= 0.3 is 0 Å². The number of halogens is 1. The Morgan fingerprint density at radius 2 is 2.20 bits per heavy atom. The minimum Gasteiger partial charge on any atom is -0.310 e. The van der Waals surface area contributed by atoms with Gasteiger partial charge in [0.15, 0.2) is 9.84 Å². The molecule has 20 heavy (non-hydrogen) atoms. The van der Waals surface area contributed by atoms with Gasteiger partial charge in [0.1, 0.15) is 0 Å². The zero-order valence-electron chi connectivity index (χ0n) is 10.7. The number of fused-ring (bicyclic) bond motifs is 1. The minimum atomic E-state index is -3.04. The molecule has 0 N–H and O–H groups in total. The van der Waals surface area contributed by atoms with Crippen LogP contribution in [0.2, 0.25) is 5.02 Å². The first kappa shape index (κ1) is 14.2. The Kier molecular flexibility index (Phi) is 3.73. The molecule has 2 heterocycles. The van der Waals surface area contributed by atoms with Crippen molar-refractivity contribution in [3.8, 4) is 0 Å². The van der Waals surface area contributed by atoms with Crippen LogP contribution in [0, 0.1) is 5.92 Å². The van der Waals surface area contributed by atoms with Crippen LogP contribution in [0.5, 0.6) is 0 Å². The van der Waals surface area contributed by atoms with Gasteiger partial charge < -0.3 is 4.90 Å². The average molecular weight is 332 g/mol. The molecule has 0 radical (unpaired) electrons. The topological polar surface area (TPSA) is 54.5 Å². The van der Waals surface area contributed by atoms with E-state index in [9.17, 15) is 13.2 Å². The molecule has 1 atom stereocenters. The lowest BCUT2D eigenvalue weighted by Crippen LogP contribution is -2.40. The highest BCUT2D eigenvalue weighted by Crippen LogP contribution is 2.38. The fraction of sp³-hybridized carbons (Fsp3) is 0.462. The number of sulfone groups is 1. The molecule has 4 nitrogen and oxygen atoms in total. The Labute approximate surface area is 127 Å². The van der Waals surface area contributed by atoms with Crippen molar-refractivity contribution in [1.29, 1.82) is 0 Å². The van der Waals surface area contributed by atoms with Gasteiger partial charge in [-0.15, -0.1) is 11.8 Å². The molecule has 108 valence electrons. The summed E-state index contributed by atoms with van der Waals surface area (Å²) in [6.45, 7) is 0.605. The Hall–Kier alpha value is -0.720. The third kappa shape index (κ3) is 2.69. The lowest BCUT2D eigenvalue weighted by atomic mass is 10.1. The van der Waals surface area contributed by atoms with Gasteiger partial charge in [-0.25, -0.2) is 8.42 Å². The highest BCUT2D eigenvalue weighted by molar-refractivity contribution is 7.99. The van der Waals surface area contributed by atoms with Crippen LogP contribution in [-0.2, 0) is 14.6 Å². The van der Waals surface area contributed by atoms with Gasteiger partial charge in [0.05, 0.1) is 23.1 Å². The number of carbonyl (C=O) groups excluding carboxylic acids is 1. The first-order valence-electron chi connectivity index (χ1n) is 6.40. The standard InChI is InChI=1S/C13H14ClNO3S2/c14-10-1-2-12-11(7-10)15(4-5-19-12)13(16)9-3-6-20(17,18)8-9/h1-2,7,9H,3-6,8H2. The second kappa shape index (κ2) is 5.24. The summed E-state index contributed by atoms with van der Waals surface area (Å²) in [5, 5.41) is 0.586.